The summed E-state index contributed by atoms with van der Waals surface area (Å²) in [5.41, 5.74) is 2.62. The molecule has 0 saturated heterocycles. The Kier molecular flexibility index (Phi) is 6.14. The number of aromatic amines is 1. The Balaban J connectivity index is 1.81. The molecule has 148 valence electrons. The van der Waals surface area contributed by atoms with Gasteiger partial charge in [0.25, 0.3) is 5.56 Å². The lowest BCUT2D eigenvalue weighted by Gasteiger charge is -2.09. The zero-order valence-corrected chi connectivity index (χ0v) is 17.5. The molecule has 0 aliphatic carbocycles. The number of aromatic nitrogens is 2. The first-order valence-electron chi connectivity index (χ1n) is 9.50. The zero-order chi connectivity index (χ0) is 20.3. The van der Waals surface area contributed by atoms with Crippen molar-refractivity contribution in [3.63, 3.8) is 0 Å². The van der Waals surface area contributed by atoms with Crippen molar-refractivity contribution < 1.29 is 4.79 Å². The molecule has 28 heavy (non-hydrogen) atoms. The highest BCUT2D eigenvalue weighted by Gasteiger charge is 2.16. The molecule has 7 heteroatoms. The van der Waals surface area contributed by atoms with Gasteiger partial charge in [0.1, 0.15) is 10.7 Å². The van der Waals surface area contributed by atoms with Crippen LogP contribution in [0.5, 0.6) is 0 Å². The maximum Gasteiger partial charge on any atom is 0.259 e. The van der Waals surface area contributed by atoms with Crippen LogP contribution >= 0.6 is 11.3 Å². The van der Waals surface area contributed by atoms with Crippen LogP contribution in [0, 0.1) is 12.8 Å². The Morgan fingerprint density at radius 1 is 1.32 bits per heavy atom. The van der Waals surface area contributed by atoms with Gasteiger partial charge < -0.3 is 15.6 Å². The van der Waals surface area contributed by atoms with E-state index >= 15 is 0 Å². The quantitative estimate of drug-likeness (QED) is 0.549. The Labute approximate surface area is 168 Å². The maximum atomic E-state index is 12.7. The predicted octanol–water partition coefficient (Wildman–Crippen LogP) is 4.45. The van der Waals surface area contributed by atoms with E-state index in [9.17, 15) is 9.59 Å². The van der Waals surface area contributed by atoms with Gasteiger partial charge in [0, 0.05) is 23.2 Å². The van der Waals surface area contributed by atoms with Gasteiger partial charge in [-0.05, 0) is 43.0 Å². The number of aryl methyl sites for hydroxylation is 1. The largest absolute Gasteiger partial charge is 0.378 e. The van der Waals surface area contributed by atoms with Crippen LogP contribution in [-0.2, 0) is 17.8 Å². The second-order valence-electron chi connectivity index (χ2n) is 7.16. The average Bonchev–Trinajstić information content (AvgIpc) is 2.95. The fourth-order valence-electron chi connectivity index (χ4n) is 3.14. The molecule has 0 unspecified atom stereocenters. The Morgan fingerprint density at radius 2 is 2.07 bits per heavy atom. The Hall–Kier alpha value is -2.67. The van der Waals surface area contributed by atoms with Gasteiger partial charge in [0.2, 0.25) is 5.91 Å². The molecule has 0 radical (unpaired) electrons. The second kappa shape index (κ2) is 8.56. The molecule has 0 bridgehead atoms. The summed E-state index contributed by atoms with van der Waals surface area (Å²) in [6.07, 6.45) is 1.99. The number of carbonyl (C=O) groups is 1. The standard InChI is InChI=1S/C21H26N4O2S/c1-5-12(2)9-17-13(3)28-21-19(17)20(27)24-18(25-21)11-22-15-7-6-8-16(10-15)23-14(4)26/h6-8,10,12,22H,5,9,11H2,1-4H3,(H,23,26)(H,24,25,27)/t12-/m0/s1. The second-order valence-corrected chi connectivity index (χ2v) is 8.37. The number of nitrogens with one attached hydrogen (secondary N) is 3. The van der Waals surface area contributed by atoms with Crippen LogP contribution in [0.4, 0.5) is 11.4 Å². The third kappa shape index (κ3) is 4.59. The number of hydrogen-bond donors (Lipinski definition) is 3. The molecule has 3 aromatic rings. The van der Waals surface area contributed by atoms with Crippen molar-refractivity contribution in [1.29, 1.82) is 0 Å². The minimum absolute atomic E-state index is 0.0727. The first kappa shape index (κ1) is 20.1. The molecule has 1 amide bonds. The molecule has 1 atom stereocenters. The average molecular weight is 399 g/mol. The van der Waals surface area contributed by atoms with Crippen molar-refractivity contribution in [3.8, 4) is 0 Å². The van der Waals surface area contributed by atoms with E-state index < -0.39 is 0 Å². The van der Waals surface area contributed by atoms with Gasteiger partial charge >= 0.3 is 0 Å². The monoisotopic (exact) mass is 398 g/mol. The summed E-state index contributed by atoms with van der Waals surface area (Å²) in [5, 5.41) is 6.74. The normalized spacial score (nSPS) is 12.1. The lowest BCUT2D eigenvalue weighted by Crippen LogP contribution is -2.15. The van der Waals surface area contributed by atoms with Gasteiger partial charge in [-0.3, -0.25) is 9.59 Å². The summed E-state index contributed by atoms with van der Waals surface area (Å²) >= 11 is 1.58. The maximum absolute atomic E-state index is 12.7. The van der Waals surface area contributed by atoms with Crippen molar-refractivity contribution in [2.75, 3.05) is 10.6 Å². The summed E-state index contributed by atoms with van der Waals surface area (Å²) in [4.78, 5) is 33.5. The zero-order valence-electron chi connectivity index (χ0n) is 16.7. The van der Waals surface area contributed by atoms with E-state index in [2.05, 4.69) is 41.4 Å². The molecule has 6 nitrogen and oxygen atoms in total. The van der Waals surface area contributed by atoms with Crippen LogP contribution in [0.2, 0.25) is 0 Å². The molecule has 0 saturated carbocycles. The van der Waals surface area contributed by atoms with Crippen molar-refractivity contribution in [3.05, 3.63) is 50.9 Å². The minimum Gasteiger partial charge on any atom is -0.378 e. The van der Waals surface area contributed by atoms with E-state index in [0.29, 0.717) is 18.3 Å². The SMILES string of the molecule is CC[C@H](C)Cc1c(C)sc2nc(CNc3cccc(NC(C)=O)c3)[nH]c(=O)c12. The highest BCUT2D eigenvalue weighted by atomic mass is 32.1. The molecule has 3 rings (SSSR count). The number of amides is 1. The van der Waals surface area contributed by atoms with Gasteiger partial charge in [-0.25, -0.2) is 4.98 Å². The number of nitrogens with zero attached hydrogens (tertiary/aromatic N) is 1. The number of thiophene rings is 1. The number of anilines is 2. The van der Waals surface area contributed by atoms with Crippen LogP contribution in [0.3, 0.4) is 0 Å². The number of fused-ring (bicyclic) bond motifs is 1. The van der Waals surface area contributed by atoms with E-state index in [-0.39, 0.29) is 11.5 Å². The molecule has 0 spiro atoms. The molecule has 1 aromatic carbocycles. The lowest BCUT2D eigenvalue weighted by molar-refractivity contribution is -0.114. The number of carbonyl (C=O) groups excluding carboxylic acids is 1. The third-order valence-electron chi connectivity index (χ3n) is 4.80. The van der Waals surface area contributed by atoms with E-state index in [1.54, 1.807) is 11.3 Å². The molecule has 2 heterocycles. The van der Waals surface area contributed by atoms with Crippen LogP contribution in [0.1, 0.15) is 43.5 Å². The molecule has 0 aliphatic rings. The van der Waals surface area contributed by atoms with Gasteiger partial charge in [-0.2, -0.15) is 0 Å². The molecular formula is C21H26N4O2S. The molecule has 2 aromatic heterocycles. The van der Waals surface area contributed by atoms with Crippen LogP contribution < -0.4 is 16.2 Å². The minimum atomic E-state index is -0.116. The number of H-pyrrole nitrogens is 1. The van der Waals surface area contributed by atoms with E-state index in [1.807, 2.05) is 24.3 Å². The smallest absolute Gasteiger partial charge is 0.259 e. The van der Waals surface area contributed by atoms with Gasteiger partial charge in [0.05, 0.1) is 11.9 Å². The lowest BCUT2D eigenvalue weighted by atomic mass is 9.98. The van der Waals surface area contributed by atoms with Crippen molar-refractivity contribution >= 4 is 38.8 Å². The van der Waals surface area contributed by atoms with Crippen LogP contribution in [0.15, 0.2) is 29.1 Å². The topological polar surface area (TPSA) is 86.9 Å². The fourth-order valence-corrected chi connectivity index (χ4v) is 4.21. The highest BCUT2D eigenvalue weighted by molar-refractivity contribution is 7.18. The summed E-state index contributed by atoms with van der Waals surface area (Å²) in [6.45, 7) is 8.31. The van der Waals surface area contributed by atoms with Gasteiger partial charge in [-0.15, -0.1) is 11.3 Å². The Morgan fingerprint density at radius 3 is 2.79 bits per heavy atom. The summed E-state index contributed by atoms with van der Waals surface area (Å²) in [7, 11) is 0. The number of rotatable bonds is 7. The van der Waals surface area contributed by atoms with Crippen molar-refractivity contribution in [1.82, 2.24) is 9.97 Å². The fraction of sp³-hybridized carbons (Fsp3) is 0.381. The van der Waals surface area contributed by atoms with Crippen LogP contribution in [0.25, 0.3) is 10.2 Å². The van der Waals surface area contributed by atoms with Crippen LogP contribution in [-0.4, -0.2) is 15.9 Å². The first-order chi connectivity index (χ1) is 13.4. The molecule has 3 N–H and O–H groups in total. The van der Waals surface area contributed by atoms with E-state index in [1.165, 1.54) is 11.8 Å². The van der Waals surface area contributed by atoms with E-state index in [4.69, 9.17) is 0 Å². The first-order valence-corrected chi connectivity index (χ1v) is 10.3. The van der Waals surface area contributed by atoms with Gasteiger partial charge in [-0.1, -0.05) is 26.3 Å². The summed E-state index contributed by atoms with van der Waals surface area (Å²) in [6, 6.07) is 7.43. The van der Waals surface area contributed by atoms with Crippen molar-refractivity contribution in [2.24, 2.45) is 5.92 Å². The third-order valence-corrected chi connectivity index (χ3v) is 5.85. The number of benzene rings is 1. The number of hydrogen-bond acceptors (Lipinski definition) is 5. The molecular weight excluding hydrogens is 372 g/mol. The highest BCUT2D eigenvalue weighted by Crippen LogP contribution is 2.29. The molecule has 0 aliphatic heterocycles. The predicted molar refractivity (Wildman–Crippen MR) is 116 cm³/mol. The molecule has 0 fully saturated rings. The Bertz CT molecular complexity index is 1050. The van der Waals surface area contributed by atoms with E-state index in [0.717, 1.165) is 40.0 Å². The summed E-state index contributed by atoms with van der Waals surface area (Å²) < 4.78 is 0. The summed E-state index contributed by atoms with van der Waals surface area (Å²) in [5.74, 6) is 1.02. The van der Waals surface area contributed by atoms with Crippen molar-refractivity contribution in [2.45, 2.75) is 47.1 Å². The van der Waals surface area contributed by atoms with Gasteiger partial charge in [0.15, 0.2) is 0 Å².